The molecule has 1 aliphatic rings. The Morgan fingerprint density at radius 3 is 2.74 bits per heavy atom. The SMILES string of the molecule is COCC1CCN(C(C)c2cc(F)ccc2O)CC1. The summed E-state index contributed by atoms with van der Waals surface area (Å²) in [5.74, 6) is 0.497. The number of hydrogen-bond acceptors (Lipinski definition) is 3. The minimum atomic E-state index is -0.297. The average Bonchev–Trinajstić information content (AvgIpc) is 2.42. The van der Waals surface area contributed by atoms with Gasteiger partial charge in [-0.25, -0.2) is 4.39 Å². The van der Waals surface area contributed by atoms with E-state index in [1.165, 1.54) is 18.2 Å². The Kier molecular flexibility index (Phi) is 4.77. The summed E-state index contributed by atoms with van der Waals surface area (Å²) in [7, 11) is 1.74. The molecule has 19 heavy (non-hydrogen) atoms. The van der Waals surface area contributed by atoms with Crippen LogP contribution in [0.15, 0.2) is 18.2 Å². The third kappa shape index (κ3) is 3.45. The van der Waals surface area contributed by atoms with E-state index in [1.54, 1.807) is 7.11 Å². The maximum absolute atomic E-state index is 13.3. The Bertz CT molecular complexity index is 417. The minimum absolute atomic E-state index is 0.0409. The topological polar surface area (TPSA) is 32.7 Å². The number of hydrogen-bond donors (Lipinski definition) is 1. The van der Waals surface area contributed by atoms with Crippen molar-refractivity contribution >= 4 is 0 Å². The Labute approximate surface area is 114 Å². The second-order valence-corrected chi connectivity index (χ2v) is 5.31. The Hall–Kier alpha value is -1.13. The summed E-state index contributed by atoms with van der Waals surface area (Å²) < 4.78 is 18.5. The first-order valence-corrected chi connectivity index (χ1v) is 6.83. The molecule has 0 spiro atoms. The standard InChI is InChI=1S/C15H22FNO2/c1-11(14-9-13(16)3-4-15(14)18)17-7-5-12(6-8-17)10-19-2/h3-4,9,11-12,18H,5-8,10H2,1-2H3. The van der Waals surface area contributed by atoms with Crippen LogP contribution < -0.4 is 0 Å². The van der Waals surface area contributed by atoms with E-state index < -0.39 is 0 Å². The maximum atomic E-state index is 13.3. The van der Waals surface area contributed by atoms with Gasteiger partial charge in [0.15, 0.2) is 0 Å². The van der Waals surface area contributed by atoms with Crippen LogP contribution in [0.1, 0.15) is 31.4 Å². The third-order valence-corrected chi connectivity index (χ3v) is 4.04. The van der Waals surface area contributed by atoms with Crippen molar-refractivity contribution in [3.8, 4) is 5.75 Å². The predicted molar refractivity (Wildman–Crippen MR) is 72.7 cm³/mol. The number of ether oxygens (including phenoxy) is 1. The van der Waals surface area contributed by atoms with Gasteiger partial charge in [-0.05, 0) is 57.0 Å². The molecule has 0 radical (unpaired) electrons. The minimum Gasteiger partial charge on any atom is -0.508 e. The molecule has 1 heterocycles. The molecule has 1 aromatic carbocycles. The van der Waals surface area contributed by atoms with E-state index in [9.17, 15) is 9.50 Å². The van der Waals surface area contributed by atoms with Crippen LogP contribution in [0.5, 0.6) is 5.75 Å². The molecule has 1 fully saturated rings. The van der Waals surface area contributed by atoms with Gasteiger partial charge in [0, 0.05) is 25.3 Å². The molecule has 0 saturated carbocycles. The highest BCUT2D eigenvalue weighted by atomic mass is 19.1. The molecule has 1 N–H and O–H groups in total. The van der Waals surface area contributed by atoms with Crippen molar-refractivity contribution in [3.05, 3.63) is 29.6 Å². The molecule has 1 atom stereocenters. The number of rotatable bonds is 4. The van der Waals surface area contributed by atoms with Crippen LogP contribution in [0.2, 0.25) is 0 Å². The molecule has 2 rings (SSSR count). The number of likely N-dealkylation sites (tertiary alicyclic amines) is 1. The summed E-state index contributed by atoms with van der Waals surface area (Å²) in [6, 6.07) is 4.19. The molecule has 1 aromatic rings. The maximum Gasteiger partial charge on any atom is 0.123 e. The predicted octanol–water partition coefficient (Wildman–Crippen LogP) is 2.95. The number of benzene rings is 1. The molecule has 1 aliphatic heterocycles. The molecule has 106 valence electrons. The zero-order valence-electron chi connectivity index (χ0n) is 11.6. The van der Waals surface area contributed by atoms with Crippen molar-refractivity contribution in [1.82, 2.24) is 4.90 Å². The molecule has 0 aromatic heterocycles. The fraction of sp³-hybridized carbons (Fsp3) is 0.600. The number of aromatic hydroxyl groups is 1. The van der Waals surface area contributed by atoms with Crippen molar-refractivity contribution in [3.63, 3.8) is 0 Å². The Morgan fingerprint density at radius 1 is 1.42 bits per heavy atom. The highest BCUT2D eigenvalue weighted by Crippen LogP contribution is 2.31. The van der Waals surface area contributed by atoms with Gasteiger partial charge in [0.2, 0.25) is 0 Å². The van der Waals surface area contributed by atoms with E-state index in [-0.39, 0.29) is 17.6 Å². The van der Waals surface area contributed by atoms with Gasteiger partial charge in [-0.15, -0.1) is 0 Å². The summed E-state index contributed by atoms with van der Waals surface area (Å²) in [6.45, 7) is 4.76. The monoisotopic (exact) mass is 267 g/mol. The van der Waals surface area contributed by atoms with Crippen LogP contribution in [0.25, 0.3) is 0 Å². The van der Waals surface area contributed by atoms with Crippen molar-refractivity contribution in [2.45, 2.75) is 25.8 Å². The van der Waals surface area contributed by atoms with Gasteiger partial charge in [0.25, 0.3) is 0 Å². The van der Waals surface area contributed by atoms with E-state index in [0.717, 1.165) is 32.5 Å². The summed E-state index contributed by atoms with van der Waals surface area (Å²) in [4.78, 5) is 2.29. The summed E-state index contributed by atoms with van der Waals surface area (Å²) in [5, 5.41) is 9.86. The third-order valence-electron chi connectivity index (χ3n) is 4.04. The number of methoxy groups -OCH3 is 1. The molecule has 0 aliphatic carbocycles. The normalized spacial score (nSPS) is 19.5. The van der Waals surface area contributed by atoms with Gasteiger partial charge in [-0.2, -0.15) is 0 Å². The molecule has 4 heteroatoms. The largest absolute Gasteiger partial charge is 0.508 e. The summed E-state index contributed by atoms with van der Waals surface area (Å²) in [6.07, 6.45) is 2.18. The summed E-state index contributed by atoms with van der Waals surface area (Å²) >= 11 is 0. The van der Waals surface area contributed by atoms with Crippen LogP contribution in [-0.4, -0.2) is 36.8 Å². The van der Waals surface area contributed by atoms with Crippen LogP contribution in [-0.2, 0) is 4.74 Å². The van der Waals surface area contributed by atoms with Crippen LogP contribution in [0.4, 0.5) is 4.39 Å². The fourth-order valence-corrected chi connectivity index (χ4v) is 2.80. The van der Waals surface area contributed by atoms with E-state index in [4.69, 9.17) is 4.74 Å². The Morgan fingerprint density at radius 2 is 2.11 bits per heavy atom. The van der Waals surface area contributed by atoms with Gasteiger partial charge in [-0.1, -0.05) is 0 Å². The number of piperidine rings is 1. The van der Waals surface area contributed by atoms with Crippen molar-refractivity contribution in [1.29, 1.82) is 0 Å². The highest BCUT2D eigenvalue weighted by molar-refractivity contribution is 5.35. The van der Waals surface area contributed by atoms with Crippen molar-refractivity contribution in [2.75, 3.05) is 26.8 Å². The average molecular weight is 267 g/mol. The molecule has 3 nitrogen and oxygen atoms in total. The van der Waals surface area contributed by atoms with E-state index in [2.05, 4.69) is 4.90 Å². The molecule has 0 bridgehead atoms. The van der Waals surface area contributed by atoms with E-state index >= 15 is 0 Å². The van der Waals surface area contributed by atoms with E-state index in [0.29, 0.717) is 11.5 Å². The second-order valence-electron chi connectivity index (χ2n) is 5.31. The molecule has 1 unspecified atom stereocenters. The van der Waals surface area contributed by atoms with Crippen LogP contribution in [0, 0.1) is 11.7 Å². The number of phenols is 1. The van der Waals surface area contributed by atoms with E-state index in [1.807, 2.05) is 6.92 Å². The molecular formula is C15H22FNO2. The molecule has 1 saturated heterocycles. The highest BCUT2D eigenvalue weighted by Gasteiger charge is 2.25. The van der Waals surface area contributed by atoms with Crippen LogP contribution in [0.3, 0.4) is 0 Å². The number of halogens is 1. The Balaban J connectivity index is 2.01. The van der Waals surface area contributed by atoms with Gasteiger partial charge in [0.1, 0.15) is 11.6 Å². The lowest BCUT2D eigenvalue weighted by atomic mass is 9.95. The quantitative estimate of drug-likeness (QED) is 0.910. The van der Waals surface area contributed by atoms with Gasteiger partial charge in [0.05, 0.1) is 0 Å². The first-order chi connectivity index (χ1) is 9.11. The van der Waals surface area contributed by atoms with Gasteiger partial charge >= 0.3 is 0 Å². The van der Waals surface area contributed by atoms with Crippen molar-refractivity contribution in [2.24, 2.45) is 5.92 Å². The van der Waals surface area contributed by atoms with Gasteiger partial charge < -0.3 is 9.84 Å². The molecular weight excluding hydrogens is 245 g/mol. The lowest BCUT2D eigenvalue weighted by Crippen LogP contribution is -2.36. The fourth-order valence-electron chi connectivity index (χ4n) is 2.80. The lowest BCUT2D eigenvalue weighted by Gasteiger charge is -2.36. The van der Waals surface area contributed by atoms with Crippen molar-refractivity contribution < 1.29 is 14.2 Å². The zero-order chi connectivity index (χ0) is 13.8. The number of nitrogens with zero attached hydrogens (tertiary/aromatic N) is 1. The lowest BCUT2D eigenvalue weighted by molar-refractivity contribution is 0.0827. The molecule has 0 amide bonds. The first kappa shape index (κ1) is 14.3. The first-order valence-electron chi connectivity index (χ1n) is 6.83. The second kappa shape index (κ2) is 6.35. The summed E-state index contributed by atoms with van der Waals surface area (Å²) in [5.41, 5.74) is 0.671. The smallest absolute Gasteiger partial charge is 0.123 e. The van der Waals surface area contributed by atoms with Crippen LogP contribution >= 0.6 is 0 Å². The zero-order valence-corrected chi connectivity index (χ0v) is 11.6. The number of phenolic OH excluding ortho intramolecular Hbond substituents is 1. The van der Waals surface area contributed by atoms with Gasteiger partial charge in [-0.3, -0.25) is 4.90 Å².